The number of nitrogens with zero attached hydrogens (tertiary/aromatic N) is 2. The first-order chi connectivity index (χ1) is 9.02. The molecular formula is C12H20N4O3. The van der Waals surface area contributed by atoms with E-state index in [-0.39, 0.29) is 0 Å². The van der Waals surface area contributed by atoms with Crippen molar-refractivity contribution in [1.29, 1.82) is 0 Å². The number of anilines is 2. The summed E-state index contributed by atoms with van der Waals surface area (Å²) in [5.74, 6) is 0.558. The van der Waals surface area contributed by atoms with Gasteiger partial charge in [0.15, 0.2) is 0 Å². The van der Waals surface area contributed by atoms with Gasteiger partial charge in [-0.2, -0.15) is 0 Å². The Morgan fingerprint density at radius 1 is 1.32 bits per heavy atom. The maximum Gasteiger partial charge on any atom is 0.327 e. The van der Waals surface area contributed by atoms with Gasteiger partial charge in [0.25, 0.3) is 5.56 Å². The summed E-state index contributed by atoms with van der Waals surface area (Å²) < 4.78 is 0. The van der Waals surface area contributed by atoms with Crippen molar-refractivity contribution in [1.82, 2.24) is 9.97 Å². The van der Waals surface area contributed by atoms with E-state index >= 15 is 0 Å². The molecule has 0 fully saturated rings. The van der Waals surface area contributed by atoms with E-state index in [4.69, 9.17) is 0 Å². The summed E-state index contributed by atoms with van der Waals surface area (Å²) in [6.45, 7) is 5.42. The highest BCUT2D eigenvalue weighted by Crippen LogP contribution is 2.29. The maximum atomic E-state index is 11.9. The Morgan fingerprint density at radius 3 is 2.68 bits per heavy atom. The van der Waals surface area contributed by atoms with Gasteiger partial charge in [0, 0.05) is 13.1 Å². The van der Waals surface area contributed by atoms with Crippen LogP contribution in [0.25, 0.3) is 0 Å². The summed E-state index contributed by atoms with van der Waals surface area (Å²) in [7, 11) is 0. The highest BCUT2D eigenvalue weighted by molar-refractivity contribution is 5.71. The molecule has 1 aliphatic heterocycles. The Labute approximate surface area is 110 Å². The van der Waals surface area contributed by atoms with Crippen LogP contribution in [0.2, 0.25) is 0 Å². The number of hydrogen-bond acceptors (Lipinski definition) is 5. The zero-order valence-electron chi connectivity index (χ0n) is 11.3. The molecule has 7 nitrogen and oxygen atoms in total. The molecule has 2 rings (SSSR count). The largest absolute Gasteiger partial charge is 0.392 e. The molecule has 0 saturated carbocycles. The summed E-state index contributed by atoms with van der Waals surface area (Å²) in [6.07, 6.45) is 1.48. The lowest BCUT2D eigenvalue weighted by molar-refractivity contribution is 0.200. The fourth-order valence-electron chi connectivity index (χ4n) is 2.34. The molecule has 0 saturated heterocycles. The Hall–Kier alpha value is -1.76. The average Bonchev–Trinajstić information content (AvgIpc) is 2.63. The zero-order chi connectivity index (χ0) is 14.0. The van der Waals surface area contributed by atoms with Gasteiger partial charge in [-0.05, 0) is 13.3 Å². The SMILES string of the molecule is CCCCN1CN(CC(C)O)c2c1[nH]c(=O)[nH]c2=O. The van der Waals surface area contributed by atoms with E-state index in [0.717, 1.165) is 19.4 Å². The van der Waals surface area contributed by atoms with Crippen molar-refractivity contribution in [2.45, 2.75) is 32.8 Å². The number of aliphatic hydroxyl groups is 1. The van der Waals surface area contributed by atoms with E-state index in [2.05, 4.69) is 16.9 Å². The lowest BCUT2D eigenvalue weighted by Crippen LogP contribution is -2.37. The fraction of sp³-hybridized carbons (Fsp3) is 0.667. The molecule has 1 aromatic heterocycles. The van der Waals surface area contributed by atoms with Crippen LogP contribution in [-0.4, -0.2) is 40.9 Å². The second-order valence-electron chi connectivity index (χ2n) is 4.94. The van der Waals surface area contributed by atoms with Crippen LogP contribution >= 0.6 is 0 Å². The molecule has 0 aromatic carbocycles. The molecule has 0 bridgehead atoms. The van der Waals surface area contributed by atoms with Gasteiger partial charge in [-0.3, -0.25) is 14.8 Å². The third kappa shape index (κ3) is 2.81. The minimum absolute atomic E-state index is 0.366. The van der Waals surface area contributed by atoms with Crippen molar-refractivity contribution in [3.8, 4) is 0 Å². The molecule has 3 N–H and O–H groups in total. The number of fused-ring (bicyclic) bond motifs is 1. The van der Waals surface area contributed by atoms with E-state index in [1.54, 1.807) is 11.8 Å². The first kappa shape index (κ1) is 13.7. The predicted molar refractivity (Wildman–Crippen MR) is 73.8 cm³/mol. The molecule has 19 heavy (non-hydrogen) atoms. The summed E-state index contributed by atoms with van der Waals surface area (Å²) in [5, 5.41) is 9.50. The van der Waals surface area contributed by atoms with Crippen LogP contribution < -0.4 is 21.0 Å². The van der Waals surface area contributed by atoms with Gasteiger partial charge in [-0.25, -0.2) is 4.79 Å². The van der Waals surface area contributed by atoms with Crippen LogP contribution in [0, 0.1) is 0 Å². The number of H-pyrrole nitrogens is 2. The van der Waals surface area contributed by atoms with Crippen LogP contribution in [0.4, 0.5) is 11.5 Å². The monoisotopic (exact) mass is 268 g/mol. The molecular weight excluding hydrogens is 248 g/mol. The van der Waals surface area contributed by atoms with Crippen molar-refractivity contribution in [2.24, 2.45) is 0 Å². The van der Waals surface area contributed by atoms with Crippen LogP contribution in [0.3, 0.4) is 0 Å². The van der Waals surface area contributed by atoms with Crippen LogP contribution in [0.1, 0.15) is 26.7 Å². The van der Waals surface area contributed by atoms with E-state index in [1.165, 1.54) is 0 Å². The number of rotatable bonds is 5. The third-order valence-electron chi connectivity index (χ3n) is 3.14. The summed E-state index contributed by atoms with van der Waals surface area (Å²) in [5.41, 5.74) is -0.459. The summed E-state index contributed by atoms with van der Waals surface area (Å²) >= 11 is 0. The van der Waals surface area contributed by atoms with Gasteiger partial charge < -0.3 is 14.9 Å². The molecule has 0 amide bonds. The smallest absolute Gasteiger partial charge is 0.327 e. The molecule has 7 heteroatoms. The highest BCUT2D eigenvalue weighted by Gasteiger charge is 2.30. The Bertz CT molecular complexity index is 549. The number of β-amino-alcohol motifs (C(OH)–C–C–N with tert-alkyl or cyclic N) is 1. The van der Waals surface area contributed by atoms with Crippen molar-refractivity contribution in [3.05, 3.63) is 20.8 Å². The quantitative estimate of drug-likeness (QED) is 0.689. The number of nitrogens with one attached hydrogen (secondary N) is 2. The number of aromatic amines is 2. The number of aliphatic hydroxyl groups excluding tert-OH is 1. The summed E-state index contributed by atoms with van der Waals surface area (Å²) in [6, 6.07) is 0. The Morgan fingerprint density at radius 2 is 2.05 bits per heavy atom. The number of hydrogen-bond donors (Lipinski definition) is 3. The first-order valence-corrected chi connectivity index (χ1v) is 6.57. The van der Waals surface area contributed by atoms with Crippen LogP contribution in [-0.2, 0) is 0 Å². The fourth-order valence-corrected chi connectivity index (χ4v) is 2.34. The van der Waals surface area contributed by atoms with Gasteiger partial charge in [-0.1, -0.05) is 13.3 Å². The van der Waals surface area contributed by atoms with Gasteiger partial charge in [0.05, 0.1) is 12.8 Å². The Balaban J connectivity index is 2.37. The van der Waals surface area contributed by atoms with Gasteiger partial charge in [0.2, 0.25) is 0 Å². The molecule has 0 spiro atoms. The molecule has 1 atom stereocenters. The molecule has 1 aromatic rings. The zero-order valence-corrected chi connectivity index (χ0v) is 11.3. The van der Waals surface area contributed by atoms with E-state index in [9.17, 15) is 14.7 Å². The average molecular weight is 268 g/mol. The van der Waals surface area contributed by atoms with Gasteiger partial charge in [-0.15, -0.1) is 0 Å². The minimum Gasteiger partial charge on any atom is -0.392 e. The normalized spacial score (nSPS) is 15.7. The second kappa shape index (κ2) is 5.48. The van der Waals surface area contributed by atoms with Gasteiger partial charge >= 0.3 is 5.69 Å². The van der Waals surface area contributed by atoms with E-state index in [0.29, 0.717) is 24.7 Å². The molecule has 1 aliphatic rings. The van der Waals surface area contributed by atoms with Crippen molar-refractivity contribution in [2.75, 3.05) is 29.6 Å². The van der Waals surface area contributed by atoms with E-state index in [1.807, 2.05) is 4.90 Å². The van der Waals surface area contributed by atoms with E-state index < -0.39 is 17.4 Å². The lowest BCUT2D eigenvalue weighted by atomic mass is 10.3. The second-order valence-corrected chi connectivity index (χ2v) is 4.94. The van der Waals surface area contributed by atoms with Gasteiger partial charge in [0.1, 0.15) is 11.5 Å². The van der Waals surface area contributed by atoms with Crippen LogP contribution in [0.15, 0.2) is 9.59 Å². The lowest BCUT2D eigenvalue weighted by Gasteiger charge is -2.21. The molecule has 0 aliphatic carbocycles. The standard InChI is InChI=1S/C12H20N4O3/c1-3-4-5-15-7-16(6-8(2)17)9-10(15)13-12(19)14-11(9)18/h8,17H,3-7H2,1-2H3,(H2,13,14,18,19). The number of aromatic nitrogens is 2. The van der Waals surface area contributed by atoms with Crippen molar-refractivity contribution in [3.63, 3.8) is 0 Å². The Kier molecular flexibility index (Phi) is 3.94. The van der Waals surface area contributed by atoms with Crippen LogP contribution in [0.5, 0.6) is 0 Å². The third-order valence-corrected chi connectivity index (χ3v) is 3.14. The first-order valence-electron chi connectivity index (χ1n) is 6.57. The van der Waals surface area contributed by atoms with Crippen molar-refractivity contribution >= 4 is 11.5 Å². The number of unbranched alkanes of at least 4 members (excludes halogenated alkanes) is 1. The molecule has 106 valence electrons. The summed E-state index contributed by atoms with van der Waals surface area (Å²) in [4.78, 5) is 32.0. The maximum absolute atomic E-state index is 11.9. The molecule has 2 heterocycles. The topological polar surface area (TPSA) is 92.4 Å². The molecule has 0 radical (unpaired) electrons. The van der Waals surface area contributed by atoms with Crippen molar-refractivity contribution < 1.29 is 5.11 Å². The highest BCUT2D eigenvalue weighted by atomic mass is 16.3. The predicted octanol–water partition coefficient (Wildman–Crippen LogP) is -0.172. The minimum atomic E-state index is -0.537. The molecule has 1 unspecified atom stereocenters.